The lowest BCUT2D eigenvalue weighted by atomic mass is 10.4. The normalized spacial score (nSPS) is 38.6. The van der Waals surface area contributed by atoms with Crippen molar-refractivity contribution in [2.24, 2.45) is 11.8 Å². The Hall–Kier alpha value is -0.0400. The fourth-order valence-corrected chi connectivity index (χ4v) is 0.845. The average molecular weight is 100 g/mol. The van der Waals surface area contributed by atoms with Gasteiger partial charge < -0.3 is 4.74 Å². The van der Waals surface area contributed by atoms with Crippen LogP contribution in [0.3, 0.4) is 0 Å². The fraction of sp³-hybridized carbons (Fsp3) is 1.00. The van der Waals surface area contributed by atoms with Gasteiger partial charge in [0.2, 0.25) is 0 Å². The molecule has 0 bridgehead atoms. The molecule has 1 rings (SSSR count). The summed E-state index contributed by atoms with van der Waals surface area (Å²) in [4.78, 5) is 0. The highest BCUT2D eigenvalue weighted by Crippen LogP contribution is 2.37. The zero-order valence-corrected chi connectivity index (χ0v) is 4.98. The minimum absolute atomic E-state index is 0.894. The summed E-state index contributed by atoms with van der Waals surface area (Å²) in [5.74, 6) is 1.84. The summed E-state index contributed by atoms with van der Waals surface area (Å²) in [5.41, 5.74) is 0. The molecular formula is C6H12O. The van der Waals surface area contributed by atoms with Crippen molar-refractivity contribution in [2.45, 2.75) is 13.3 Å². The lowest BCUT2D eigenvalue weighted by Gasteiger charge is -1.89. The maximum absolute atomic E-state index is 4.94. The molecule has 0 spiro atoms. The molecular weight excluding hydrogens is 88.1 g/mol. The molecule has 1 aliphatic carbocycles. The van der Waals surface area contributed by atoms with E-state index in [1.54, 1.807) is 7.11 Å². The van der Waals surface area contributed by atoms with Crippen LogP contribution < -0.4 is 0 Å². The van der Waals surface area contributed by atoms with Crippen LogP contribution in [0.15, 0.2) is 0 Å². The monoisotopic (exact) mass is 100 g/mol. The van der Waals surface area contributed by atoms with Crippen LogP contribution in [0.25, 0.3) is 0 Å². The Bertz CT molecular complexity index is 61.2. The number of hydrogen-bond acceptors (Lipinski definition) is 1. The van der Waals surface area contributed by atoms with Crippen molar-refractivity contribution in [1.82, 2.24) is 0 Å². The minimum atomic E-state index is 0.894. The van der Waals surface area contributed by atoms with Crippen LogP contribution in [-0.2, 0) is 4.74 Å². The van der Waals surface area contributed by atoms with Gasteiger partial charge in [0.25, 0.3) is 0 Å². The standard InChI is InChI=1S/C6H12O/c1-5-3-6(5)4-7-2/h5-6H,3-4H2,1-2H3/t5-,6+/m1/s1. The lowest BCUT2D eigenvalue weighted by molar-refractivity contribution is 0.182. The molecule has 1 fully saturated rings. The lowest BCUT2D eigenvalue weighted by Crippen LogP contribution is -1.90. The Kier molecular flexibility index (Phi) is 1.33. The SMILES string of the molecule is COC[C@@H]1C[C@H]1C. The Morgan fingerprint density at radius 3 is 2.43 bits per heavy atom. The molecule has 0 unspecified atom stereocenters. The molecule has 1 heteroatoms. The van der Waals surface area contributed by atoms with Crippen LogP contribution in [0.2, 0.25) is 0 Å². The molecule has 1 aliphatic rings. The van der Waals surface area contributed by atoms with E-state index >= 15 is 0 Å². The van der Waals surface area contributed by atoms with Crippen LogP contribution in [0.4, 0.5) is 0 Å². The van der Waals surface area contributed by atoms with Crippen LogP contribution in [0.1, 0.15) is 13.3 Å². The Morgan fingerprint density at radius 2 is 2.29 bits per heavy atom. The third kappa shape index (κ3) is 1.16. The predicted molar refractivity (Wildman–Crippen MR) is 29.1 cm³/mol. The summed E-state index contributed by atoms with van der Waals surface area (Å²) in [6, 6.07) is 0. The van der Waals surface area contributed by atoms with Crippen LogP contribution in [-0.4, -0.2) is 13.7 Å². The molecule has 0 amide bonds. The van der Waals surface area contributed by atoms with Gasteiger partial charge in [0, 0.05) is 13.7 Å². The molecule has 0 aromatic rings. The summed E-state index contributed by atoms with van der Waals surface area (Å²) < 4.78 is 4.94. The first-order valence-corrected chi connectivity index (χ1v) is 2.83. The van der Waals surface area contributed by atoms with Crippen molar-refractivity contribution < 1.29 is 4.74 Å². The molecule has 7 heavy (non-hydrogen) atoms. The zero-order chi connectivity index (χ0) is 5.28. The molecule has 0 N–H and O–H groups in total. The molecule has 0 radical (unpaired) electrons. The first kappa shape index (κ1) is 5.10. The van der Waals surface area contributed by atoms with Crippen LogP contribution in [0.5, 0.6) is 0 Å². The van der Waals surface area contributed by atoms with E-state index in [1.165, 1.54) is 6.42 Å². The first-order valence-electron chi connectivity index (χ1n) is 2.83. The third-order valence-corrected chi connectivity index (χ3v) is 1.66. The summed E-state index contributed by atoms with van der Waals surface area (Å²) in [7, 11) is 1.77. The minimum Gasteiger partial charge on any atom is -0.384 e. The van der Waals surface area contributed by atoms with Crippen molar-refractivity contribution in [1.29, 1.82) is 0 Å². The van der Waals surface area contributed by atoms with Gasteiger partial charge in [0.05, 0.1) is 0 Å². The average Bonchev–Trinajstić information content (AvgIpc) is 2.22. The van der Waals surface area contributed by atoms with E-state index in [0.29, 0.717) is 0 Å². The van der Waals surface area contributed by atoms with E-state index in [4.69, 9.17) is 4.74 Å². The molecule has 0 heterocycles. The maximum Gasteiger partial charge on any atom is 0.0493 e. The van der Waals surface area contributed by atoms with Crippen molar-refractivity contribution in [3.05, 3.63) is 0 Å². The number of rotatable bonds is 2. The van der Waals surface area contributed by atoms with E-state index < -0.39 is 0 Å². The predicted octanol–water partition coefficient (Wildman–Crippen LogP) is 1.29. The van der Waals surface area contributed by atoms with E-state index in [9.17, 15) is 0 Å². The van der Waals surface area contributed by atoms with E-state index in [2.05, 4.69) is 6.92 Å². The Balaban J connectivity index is 1.98. The maximum atomic E-state index is 4.94. The third-order valence-electron chi connectivity index (χ3n) is 1.66. The van der Waals surface area contributed by atoms with Crippen LogP contribution >= 0.6 is 0 Å². The number of ether oxygens (including phenoxy) is 1. The van der Waals surface area contributed by atoms with Gasteiger partial charge in [-0.05, 0) is 18.3 Å². The van der Waals surface area contributed by atoms with Crippen molar-refractivity contribution in [3.63, 3.8) is 0 Å². The Labute approximate surface area is 44.7 Å². The van der Waals surface area contributed by atoms with Gasteiger partial charge in [0.1, 0.15) is 0 Å². The van der Waals surface area contributed by atoms with Gasteiger partial charge in [-0.3, -0.25) is 0 Å². The molecule has 0 saturated heterocycles. The Morgan fingerprint density at radius 1 is 1.71 bits per heavy atom. The van der Waals surface area contributed by atoms with Gasteiger partial charge in [0.15, 0.2) is 0 Å². The van der Waals surface area contributed by atoms with Crippen LogP contribution in [0, 0.1) is 11.8 Å². The summed E-state index contributed by atoms with van der Waals surface area (Å²) in [6.45, 7) is 3.24. The number of hydrogen-bond donors (Lipinski definition) is 0. The summed E-state index contributed by atoms with van der Waals surface area (Å²) in [5, 5.41) is 0. The highest BCUT2D eigenvalue weighted by Gasteiger charge is 2.31. The van der Waals surface area contributed by atoms with Crippen molar-refractivity contribution in [2.75, 3.05) is 13.7 Å². The number of methoxy groups -OCH3 is 1. The summed E-state index contributed by atoms with van der Waals surface area (Å²) in [6.07, 6.45) is 1.38. The fourth-order valence-electron chi connectivity index (χ4n) is 0.845. The van der Waals surface area contributed by atoms with E-state index in [1.807, 2.05) is 0 Å². The van der Waals surface area contributed by atoms with Gasteiger partial charge in [-0.25, -0.2) is 0 Å². The molecule has 0 aliphatic heterocycles. The molecule has 0 aromatic carbocycles. The van der Waals surface area contributed by atoms with Crippen molar-refractivity contribution in [3.8, 4) is 0 Å². The van der Waals surface area contributed by atoms with E-state index in [0.717, 1.165) is 18.4 Å². The second kappa shape index (κ2) is 1.83. The highest BCUT2D eigenvalue weighted by atomic mass is 16.5. The largest absolute Gasteiger partial charge is 0.384 e. The second-order valence-electron chi connectivity index (χ2n) is 2.43. The molecule has 1 nitrogen and oxygen atoms in total. The molecule has 42 valence electrons. The topological polar surface area (TPSA) is 9.23 Å². The summed E-state index contributed by atoms with van der Waals surface area (Å²) >= 11 is 0. The molecule has 2 atom stereocenters. The van der Waals surface area contributed by atoms with Gasteiger partial charge in [-0.15, -0.1) is 0 Å². The van der Waals surface area contributed by atoms with Gasteiger partial charge in [-0.2, -0.15) is 0 Å². The van der Waals surface area contributed by atoms with Gasteiger partial charge in [-0.1, -0.05) is 6.92 Å². The molecule has 0 aromatic heterocycles. The smallest absolute Gasteiger partial charge is 0.0493 e. The quantitative estimate of drug-likeness (QED) is 0.508. The van der Waals surface area contributed by atoms with Gasteiger partial charge >= 0.3 is 0 Å². The first-order chi connectivity index (χ1) is 3.34. The highest BCUT2D eigenvalue weighted by molar-refractivity contribution is 4.81. The second-order valence-corrected chi connectivity index (χ2v) is 2.43. The molecule has 1 saturated carbocycles. The zero-order valence-electron chi connectivity index (χ0n) is 4.98. The van der Waals surface area contributed by atoms with E-state index in [-0.39, 0.29) is 0 Å². The van der Waals surface area contributed by atoms with Crippen molar-refractivity contribution >= 4 is 0 Å².